The Labute approximate surface area is 128 Å². The van der Waals surface area contributed by atoms with Gasteiger partial charge in [-0.3, -0.25) is 4.79 Å². The van der Waals surface area contributed by atoms with E-state index in [0.29, 0.717) is 12.4 Å². The molecule has 21 heavy (non-hydrogen) atoms. The number of aryl methyl sites for hydroxylation is 2. The van der Waals surface area contributed by atoms with E-state index in [2.05, 4.69) is 15.3 Å². The van der Waals surface area contributed by atoms with E-state index in [-0.39, 0.29) is 12.2 Å². The summed E-state index contributed by atoms with van der Waals surface area (Å²) < 4.78 is 0. The van der Waals surface area contributed by atoms with Gasteiger partial charge in [0.05, 0.1) is 11.9 Å². The second kappa shape index (κ2) is 7.68. The molecule has 2 aromatic rings. The average Bonchev–Trinajstić information content (AvgIpc) is 2.73. The van der Waals surface area contributed by atoms with E-state index in [9.17, 15) is 4.79 Å². The number of nitrogens with zero attached hydrogens (tertiary/aromatic N) is 1. The molecule has 0 amide bonds. The second-order valence-electron chi connectivity index (χ2n) is 5.29. The highest BCUT2D eigenvalue weighted by Crippen LogP contribution is 2.25. The normalized spacial score (nSPS) is 11.4. The van der Waals surface area contributed by atoms with Crippen LogP contribution < -0.4 is 10.9 Å². The van der Waals surface area contributed by atoms with Crippen LogP contribution in [-0.2, 0) is 6.54 Å². The molecule has 0 fully saturated rings. The fraction of sp³-hybridized carbons (Fsp3) is 0.600. The van der Waals surface area contributed by atoms with Gasteiger partial charge in [0.25, 0.3) is 5.56 Å². The van der Waals surface area contributed by atoms with E-state index in [1.54, 1.807) is 11.3 Å². The van der Waals surface area contributed by atoms with Crippen molar-refractivity contribution in [3.63, 3.8) is 0 Å². The standard InChI is InChI=1S/C15H23N3O2S/c1-10-11(2)21-15-13(10)14(20)17-12(18-15)9-16-7-5-3-4-6-8-19/h16,19H,3-9H2,1-2H3,(H,17,18,20). The number of hydrogen-bond donors (Lipinski definition) is 3. The van der Waals surface area contributed by atoms with Crippen LogP contribution in [0, 0.1) is 13.8 Å². The summed E-state index contributed by atoms with van der Waals surface area (Å²) in [5.74, 6) is 0.698. The van der Waals surface area contributed by atoms with Gasteiger partial charge in [-0.2, -0.15) is 0 Å². The lowest BCUT2D eigenvalue weighted by molar-refractivity contribution is 0.282. The van der Waals surface area contributed by atoms with Crippen molar-refractivity contribution in [3.8, 4) is 0 Å². The summed E-state index contributed by atoms with van der Waals surface area (Å²) in [6.07, 6.45) is 4.12. The molecular formula is C15H23N3O2S. The summed E-state index contributed by atoms with van der Waals surface area (Å²) in [5.41, 5.74) is 0.994. The maximum atomic E-state index is 12.1. The minimum Gasteiger partial charge on any atom is -0.396 e. The lowest BCUT2D eigenvalue weighted by Gasteiger charge is -2.04. The smallest absolute Gasteiger partial charge is 0.259 e. The van der Waals surface area contributed by atoms with E-state index >= 15 is 0 Å². The number of aromatic nitrogens is 2. The van der Waals surface area contributed by atoms with Crippen molar-refractivity contribution >= 4 is 21.6 Å². The number of aliphatic hydroxyl groups excluding tert-OH is 1. The van der Waals surface area contributed by atoms with Crippen LogP contribution in [0.1, 0.15) is 41.9 Å². The summed E-state index contributed by atoms with van der Waals surface area (Å²) in [6.45, 7) is 5.75. The molecule has 0 aromatic carbocycles. The second-order valence-corrected chi connectivity index (χ2v) is 6.49. The summed E-state index contributed by atoms with van der Waals surface area (Å²) in [4.78, 5) is 21.5. The Hall–Kier alpha value is -1.24. The van der Waals surface area contributed by atoms with Crippen molar-refractivity contribution in [2.24, 2.45) is 0 Å². The minimum atomic E-state index is -0.0402. The molecule has 0 spiro atoms. The number of aliphatic hydroxyl groups is 1. The zero-order valence-electron chi connectivity index (χ0n) is 12.7. The van der Waals surface area contributed by atoms with Gasteiger partial charge in [-0.05, 0) is 38.8 Å². The summed E-state index contributed by atoms with van der Waals surface area (Å²) in [6, 6.07) is 0. The number of thiophene rings is 1. The fourth-order valence-corrected chi connectivity index (χ4v) is 3.35. The third-order valence-corrected chi connectivity index (χ3v) is 4.74. The molecule has 0 bridgehead atoms. The predicted molar refractivity (Wildman–Crippen MR) is 87.0 cm³/mol. The largest absolute Gasteiger partial charge is 0.396 e. The average molecular weight is 309 g/mol. The highest BCUT2D eigenvalue weighted by atomic mass is 32.1. The van der Waals surface area contributed by atoms with Gasteiger partial charge >= 0.3 is 0 Å². The Morgan fingerprint density at radius 2 is 2.00 bits per heavy atom. The Kier molecular flexibility index (Phi) is 5.90. The zero-order chi connectivity index (χ0) is 15.2. The van der Waals surface area contributed by atoms with E-state index < -0.39 is 0 Å². The lowest BCUT2D eigenvalue weighted by atomic mass is 10.2. The Bertz CT molecular complexity index is 648. The molecule has 0 aliphatic carbocycles. The summed E-state index contributed by atoms with van der Waals surface area (Å²) in [7, 11) is 0. The number of hydrogen-bond acceptors (Lipinski definition) is 5. The van der Waals surface area contributed by atoms with E-state index in [1.807, 2.05) is 13.8 Å². The van der Waals surface area contributed by atoms with Crippen LogP contribution in [0.25, 0.3) is 10.2 Å². The van der Waals surface area contributed by atoms with Gasteiger partial charge in [0, 0.05) is 11.5 Å². The topological polar surface area (TPSA) is 78.0 Å². The molecule has 0 saturated carbocycles. The molecule has 0 aliphatic heterocycles. The monoisotopic (exact) mass is 309 g/mol. The first-order valence-corrected chi connectivity index (χ1v) is 8.25. The zero-order valence-corrected chi connectivity index (χ0v) is 13.5. The van der Waals surface area contributed by atoms with E-state index in [1.165, 1.54) is 0 Å². The third kappa shape index (κ3) is 4.12. The first-order valence-electron chi connectivity index (χ1n) is 7.44. The number of unbranched alkanes of at least 4 members (excludes halogenated alkanes) is 3. The van der Waals surface area contributed by atoms with Crippen LogP contribution in [-0.4, -0.2) is 28.2 Å². The van der Waals surface area contributed by atoms with Gasteiger partial charge in [0.15, 0.2) is 0 Å². The summed E-state index contributed by atoms with van der Waals surface area (Å²) >= 11 is 1.58. The highest BCUT2D eigenvalue weighted by molar-refractivity contribution is 7.18. The van der Waals surface area contributed by atoms with Gasteiger partial charge in [-0.1, -0.05) is 12.8 Å². The molecule has 2 rings (SSSR count). The van der Waals surface area contributed by atoms with Crippen molar-refractivity contribution in [1.29, 1.82) is 0 Å². The van der Waals surface area contributed by atoms with Crippen molar-refractivity contribution in [1.82, 2.24) is 15.3 Å². The van der Waals surface area contributed by atoms with Gasteiger partial charge in [0.1, 0.15) is 10.7 Å². The van der Waals surface area contributed by atoms with Crippen LogP contribution >= 0.6 is 11.3 Å². The van der Waals surface area contributed by atoms with Crippen LogP contribution in [0.5, 0.6) is 0 Å². The van der Waals surface area contributed by atoms with Crippen LogP contribution in [0.4, 0.5) is 0 Å². The number of fused-ring (bicyclic) bond motifs is 1. The lowest BCUT2D eigenvalue weighted by Crippen LogP contribution is -2.20. The Morgan fingerprint density at radius 3 is 2.76 bits per heavy atom. The molecule has 0 saturated heterocycles. The van der Waals surface area contributed by atoms with Gasteiger partial charge in [-0.25, -0.2) is 4.98 Å². The number of nitrogens with one attached hydrogen (secondary N) is 2. The minimum absolute atomic E-state index is 0.0402. The van der Waals surface area contributed by atoms with Crippen molar-refractivity contribution < 1.29 is 5.11 Å². The van der Waals surface area contributed by atoms with Crippen LogP contribution in [0.2, 0.25) is 0 Å². The molecule has 6 heteroatoms. The molecule has 0 radical (unpaired) electrons. The number of H-pyrrole nitrogens is 1. The molecular weight excluding hydrogens is 286 g/mol. The molecule has 5 nitrogen and oxygen atoms in total. The molecule has 0 atom stereocenters. The molecule has 0 unspecified atom stereocenters. The van der Waals surface area contributed by atoms with Gasteiger partial charge in [0.2, 0.25) is 0 Å². The van der Waals surface area contributed by atoms with Crippen LogP contribution in [0.3, 0.4) is 0 Å². The van der Waals surface area contributed by atoms with Gasteiger partial charge < -0.3 is 15.4 Å². The van der Waals surface area contributed by atoms with E-state index in [0.717, 1.165) is 52.9 Å². The Morgan fingerprint density at radius 1 is 1.24 bits per heavy atom. The SMILES string of the molecule is Cc1sc2nc(CNCCCCCCO)[nH]c(=O)c2c1C. The molecule has 3 N–H and O–H groups in total. The third-order valence-electron chi connectivity index (χ3n) is 3.64. The summed E-state index contributed by atoms with van der Waals surface area (Å²) in [5, 5.41) is 12.7. The fourth-order valence-electron chi connectivity index (χ4n) is 2.31. The maximum Gasteiger partial charge on any atom is 0.259 e. The van der Waals surface area contributed by atoms with Crippen molar-refractivity contribution in [2.45, 2.75) is 46.1 Å². The first kappa shape index (κ1) is 16.1. The molecule has 0 aliphatic rings. The van der Waals surface area contributed by atoms with Gasteiger partial charge in [-0.15, -0.1) is 11.3 Å². The molecule has 2 aromatic heterocycles. The predicted octanol–water partition coefficient (Wildman–Crippen LogP) is 2.24. The van der Waals surface area contributed by atoms with Crippen molar-refractivity contribution in [2.75, 3.05) is 13.2 Å². The number of rotatable bonds is 8. The van der Waals surface area contributed by atoms with Crippen molar-refractivity contribution in [3.05, 3.63) is 26.6 Å². The Balaban J connectivity index is 1.90. The van der Waals surface area contributed by atoms with Crippen LogP contribution in [0.15, 0.2) is 4.79 Å². The quantitative estimate of drug-likeness (QED) is 0.654. The number of aromatic amines is 1. The first-order chi connectivity index (χ1) is 10.1. The molecule has 2 heterocycles. The molecule has 116 valence electrons. The highest BCUT2D eigenvalue weighted by Gasteiger charge is 2.11. The maximum absolute atomic E-state index is 12.1. The van der Waals surface area contributed by atoms with E-state index in [4.69, 9.17) is 5.11 Å².